The van der Waals surface area contributed by atoms with Gasteiger partial charge >= 0.3 is 0 Å². The minimum atomic E-state index is -0.134. The summed E-state index contributed by atoms with van der Waals surface area (Å²) in [4.78, 5) is 14.0. The van der Waals surface area contributed by atoms with Crippen molar-refractivity contribution in [1.82, 2.24) is 15.5 Å². The number of likely N-dealkylation sites (tertiary alicyclic amines) is 1. The Kier molecular flexibility index (Phi) is 6.22. The second-order valence-electron chi connectivity index (χ2n) is 4.79. The fourth-order valence-corrected chi connectivity index (χ4v) is 2.13. The Hall–Kier alpha value is -0.870. The Labute approximate surface area is 104 Å². The van der Waals surface area contributed by atoms with Crippen LogP contribution in [0.2, 0.25) is 0 Å². The minimum absolute atomic E-state index is 0.0448. The third-order valence-corrected chi connectivity index (χ3v) is 3.40. The van der Waals surface area contributed by atoms with Crippen molar-refractivity contribution >= 4 is 5.91 Å². The molecule has 98 valence electrons. The van der Waals surface area contributed by atoms with Crippen molar-refractivity contribution in [1.29, 1.82) is 0 Å². The van der Waals surface area contributed by atoms with Gasteiger partial charge in [-0.15, -0.1) is 6.58 Å². The first-order valence-corrected chi connectivity index (χ1v) is 6.47. The average Bonchev–Trinajstić information content (AvgIpc) is 2.34. The summed E-state index contributed by atoms with van der Waals surface area (Å²) in [6.07, 6.45) is 5.51. The minimum Gasteiger partial charge on any atom is -0.351 e. The highest BCUT2D eigenvalue weighted by Crippen LogP contribution is 2.14. The summed E-state index contributed by atoms with van der Waals surface area (Å²) >= 11 is 0. The van der Waals surface area contributed by atoms with Gasteiger partial charge in [-0.2, -0.15) is 0 Å². The van der Waals surface area contributed by atoms with Crippen molar-refractivity contribution in [2.24, 2.45) is 0 Å². The molecule has 0 saturated carbocycles. The number of rotatable bonds is 6. The molecule has 1 aliphatic rings. The van der Waals surface area contributed by atoms with Crippen molar-refractivity contribution in [3.8, 4) is 0 Å². The fraction of sp³-hybridized carbons (Fsp3) is 0.769. The molecule has 4 heteroatoms. The van der Waals surface area contributed by atoms with Gasteiger partial charge in [0.05, 0.1) is 6.04 Å². The maximum absolute atomic E-state index is 11.6. The van der Waals surface area contributed by atoms with Gasteiger partial charge in [0.25, 0.3) is 0 Å². The normalized spacial score (nSPS) is 23.1. The molecule has 1 rings (SSSR count). The van der Waals surface area contributed by atoms with Crippen LogP contribution in [0, 0.1) is 0 Å². The smallest absolute Gasteiger partial charge is 0.237 e. The average molecular weight is 239 g/mol. The molecule has 0 bridgehead atoms. The first-order valence-electron chi connectivity index (χ1n) is 6.47. The van der Waals surface area contributed by atoms with Crippen LogP contribution in [0.3, 0.4) is 0 Å². The first kappa shape index (κ1) is 14.2. The molecule has 1 heterocycles. The molecule has 2 atom stereocenters. The topological polar surface area (TPSA) is 44.4 Å². The Morgan fingerprint density at radius 2 is 2.35 bits per heavy atom. The van der Waals surface area contributed by atoms with Crippen LogP contribution < -0.4 is 10.6 Å². The second kappa shape index (κ2) is 7.45. The number of piperidine rings is 1. The van der Waals surface area contributed by atoms with Gasteiger partial charge in [-0.05, 0) is 33.4 Å². The fourth-order valence-electron chi connectivity index (χ4n) is 2.13. The number of likely N-dealkylation sites (N-methyl/N-ethyl adjacent to an activating group) is 1. The van der Waals surface area contributed by atoms with E-state index in [9.17, 15) is 4.79 Å². The van der Waals surface area contributed by atoms with Gasteiger partial charge in [0, 0.05) is 19.1 Å². The summed E-state index contributed by atoms with van der Waals surface area (Å²) in [7, 11) is 2.16. The maximum Gasteiger partial charge on any atom is 0.237 e. The molecule has 0 aromatic rings. The Balaban J connectivity index is 2.24. The molecule has 1 aliphatic heterocycles. The van der Waals surface area contributed by atoms with Crippen molar-refractivity contribution in [3.63, 3.8) is 0 Å². The summed E-state index contributed by atoms with van der Waals surface area (Å²) < 4.78 is 0. The van der Waals surface area contributed by atoms with Crippen LogP contribution in [-0.4, -0.2) is 49.6 Å². The van der Waals surface area contributed by atoms with Gasteiger partial charge in [0.1, 0.15) is 0 Å². The number of carbonyl (C=O) groups is 1. The van der Waals surface area contributed by atoms with Gasteiger partial charge < -0.3 is 15.5 Å². The van der Waals surface area contributed by atoms with E-state index in [2.05, 4.69) is 29.2 Å². The van der Waals surface area contributed by atoms with Gasteiger partial charge in [0.15, 0.2) is 0 Å². The number of hydrogen-bond donors (Lipinski definition) is 2. The van der Waals surface area contributed by atoms with Gasteiger partial charge in [-0.25, -0.2) is 0 Å². The molecule has 4 nitrogen and oxygen atoms in total. The number of hydrogen-bond acceptors (Lipinski definition) is 3. The Morgan fingerprint density at radius 1 is 1.59 bits per heavy atom. The lowest BCUT2D eigenvalue weighted by molar-refractivity contribution is -0.122. The Bertz CT molecular complexity index is 255. The highest BCUT2D eigenvalue weighted by molar-refractivity contribution is 5.81. The third-order valence-electron chi connectivity index (χ3n) is 3.40. The molecule has 1 saturated heterocycles. The monoisotopic (exact) mass is 239 g/mol. The van der Waals surface area contributed by atoms with Crippen molar-refractivity contribution in [2.45, 2.75) is 38.3 Å². The molecule has 0 aromatic heterocycles. The summed E-state index contributed by atoms with van der Waals surface area (Å²) in [5.41, 5.74) is 0. The standard InChI is InChI=1S/C13H25N3O/c1-4-8-14-13(17)11(2)15-10-12-7-5-6-9-16(12)3/h4,11-12,15H,1,5-10H2,2-3H3,(H,14,17). The predicted octanol–water partition coefficient (Wildman–Crippen LogP) is 0.751. The second-order valence-corrected chi connectivity index (χ2v) is 4.79. The molecule has 0 aliphatic carbocycles. The molecule has 0 spiro atoms. The zero-order chi connectivity index (χ0) is 12.7. The van der Waals surface area contributed by atoms with E-state index in [1.165, 1.54) is 25.8 Å². The largest absolute Gasteiger partial charge is 0.351 e. The molecular formula is C13H25N3O. The predicted molar refractivity (Wildman–Crippen MR) is 70.9 cm³/mol. The van der Waals surface area contributed by atoms with Crippen LogP contribution >= 0.6 is 0 Å². The summed E-state index contributed by atoms with van der Waals surface area (Å²) in [5.74, 6) is 0.0448. The highest BCUT2D eigenvalue weighted by Gasteiger charge is 2.20. The quantitative estimate of drug-likeness (QED) is 0.672. The van der Waals surface area contributed by atoms with Gasteiger partial charge in [-0.1, -0.05) is 12.5 Å². The highest BCUT2D eigenvalue weighted by atomic mass is 16.2. The Morgan fingerprint density at radius 3 is 3.00 bits per heavy atom. The van der Waals surface area contributed by atoms with Gasteiger partial charge in [0.2, 0.25) is 5.91 Å². The van der Waals surface area contributed by atoms with Crippen LogP contribution in [0.1, 0.15) is 26.2 Å². The lowest BCUT2D eigenvalue weighted by atomic mass is 10.0. The molecule has 1 amide bonds. The van der Waals surface area contributed by atoms with E-state index in [4.69, 9.17) is 0 Å². The first-order chi connectivity index (χ1) is 8.15. The van der Waals surface area contributed by atoms with Crippen LogP contribution in [0.25, 0.3) is 0 Å². The van der Waals surface area contributed by atoms with E-state index in [1.54, 1.807) is 6.08 Å². The molecule has 0 aromatic carbocycles. The molecule has 1 fully saturated rings. The van der Waals surface area contributed by atoms with Crippen molar-refractivity contribution < 1.29 is 4.79 Å². The van der Waals surface area contributed by atoms with E-state index < -0.39 is 0 Å². The lowest BCUT2D eigenvalue weighted by Gasteiger charge is -2.33. The summed E-state index contributed by atoms with van der Waals surface area (Å²) in [5, 5.41) is 6.10. The molecular weight excluding hydrogens is 214 g/mol. The number of nitrogens with zero attached hydrogens (tertiary/aromatic N) is 1. The lowest BCUT2D eigenvalue weighted by Crippen LogP contribution is -2.49. The number of carbonyl (C=O) groups excluding carboxylic acids is 1. The van der Waals surface area contributed by atoms with Crippen molar-refractivity contribution in [2.75, 3.05) is 26.7 Å². The molecule has 0 radical (unpaired) electrons. The van der Waals surface area contributed by atoms with Gasteiger partial charge in [-0.3, -0.25) is 4.79 Å². The third kappa shape index (κ3) is 4.88. The zero-order valence-electron chi connectivity index (χ0n) is 11.0. The van der Waals surface area contributed by atoms with E-state index in [0.717, 1.165) is 6.54 Å². The van der Waals surface area contributed by atoms with E-state index >= 15 is 0 Å². The van der Waals surface area contributed by atoms with E-state index in [-0.39, 0.29) is 11.9 Å². The molecule has 2 unspecified atom stereocenters. The molecule has 2 N–H and O–H groups in total. The SMILES string of the molecule is C=CCNC(=O)C(C)NCC1CCCCN1C. The van der Waals surface area contributed by atoms with Crippen LogP contribution in [0.4, 0.5) is 0 Å². The number of nitrogens with one attached hydrogen (secondary N) is 2. The summed E-state index contributed by atoms with van der Waals surface area (Å²) in [6, 6.07) is 0.434. The summed E-state index contributed by atoms with van der Waals surface area (Å²) in [6.45, 7) is 8.08. The van der Waals surface area contributed by atoms with Crippen LogP contribution in [0.15, 0.2) is 12.7 Å². The van der Waals surface area contributed by atoms with Crippen molar-refractivity contribution in [3.05, 3.63) is 12.7 Å². The maximum atomic E-state index is 11.6. The zero-order valence-corrected chi connectivity index (χ0v) is 11.0. The van der Waals surface area contributed by atoms with E-state index in [1.807, 2.05) is 6.92 Å². The van der Waals surface area contributed by atoms with Crippen LogP contribution in [-0.2, 0) is 4.79 Å². The molecule has 17 heavy (non-hydrogen) atoms. The van der Waals surface area contributed by atoms with Crippen LogP contribution in [0.5, 0.6) is 0 Å². The number of amides is 1. The van der Waals surface area contributed by atoms with E-state index in [0.29, 0.717) is 12.6 Å².